The van der Waals surface area contributed by atoms with E-state index in [1.807, 2.05) is 0 Å². The second-order valence-electron chi connectivity index (χ2n) is 6.05. The highest BCUT2D eigenvalue weighted by Crippen LogP contribution is 2.29. The van der Waals surface area contributed by atoms with E-state index in [9.17, 15) is 0 Å². The molecule has 0 spiro atoms. The van der Waals surface area contributed by atoms with Crippen LogP contribution in [0.4, 0.5) is 0 Å². The summed E-state index contributed by atoms with van der Waals surface area (Å²) in [4.78, 5) is 0. The van der Waals surface area contributed by atoms with Crippen molar-refractivity contribution in [2.75, 3.05) is 0 Å². The molecule has 1 rings (SSSR count). The van der Waals surface area contributed by atoms with Crippen molar-refractivity contribution in [2.24, 2.45) is 11.8 Å². The van der Waals surface area contributed by atoms with Gasteiger partial charge in [0.2, 0.25) is 0 Å². The van der Waals surface area contributed by atoms with Crippen molar-refractivity contribution in [3.05, 3.63) is 11.6 Å². The zero-order valence-electron chi connectivity index (χ0n) is 11.6. The van der Waals surface area contributed by atoms with Crippen molar-refractivity contribution < 1.29 is 0 Å². The van der Waals surface area contributed by atoms with E-state index in [1.54, 1.807) is 0 Å². The molecule has 0 unspecified atom stereocenters. The summed E-state index contributed by atoms with van der Waals surface area (Å²) in [5, 5.41) is 0. The molecule has 0 aliphatic heterocycles. The molecule has 1 atom stereocenters. The van der Waals surface area contributed by atoms with Crippen LogP contribution in [0.15, 0.2) is 11.6 Å². The number of hydrogen-bond donors (Lipinski definition) is 0. The molecule has 0 radical (unpaired) electrons. The Morgan fingerprint density at radius 3 is 2.44 bits per heavy atom. The SMILES string of the molecule is CC(C)=CCC[C@H](C)CCC1CCCCC1. The van der Waals surface area contributed by atoms with Crippen LogP contribution in [0.5, 0.6) is 0 Å². The summed E-state index contributed by atoms with van der Waals surface area (Å²) in [6.45, 7) is 6.83. The van der Waals surface area contributed by atoms with Gasteiger partial charge in [-0.2, -0.15) is 0 Å². The van der Waals surface area contributed by atoms with Crippen LogP contribution in [-0.2, 0) is 0 Å². The minimum absolute atomic E-state index is 0.928. The molecule has 0 amide bonds. The third-order valence-electron chi connectivity index (χ3n) is 4.00. The predicted octanol–water partition coefficient (Wildman–Crippen LogP) is 5.73. The first-order chi connectivity index (χ1) is 7.68. The Kier molecular flexibility index (Phi) is 6.84. The van der Waals surface area contributed by atoms with Gasteiger partial charge in [0.15, 0.2) is 0 Å². The first-order valence-electron chi connectivity index (χ1n) is 7.32. The monoisotopic (exact) mass is 222 g/mol. The Labute approximate surface area is 103 Å². The van der Waals surface area contributed by atoms with Crippen LogP contribution < -0.4 is 0 Å². The minimum Gasteiger partial charge on any atom is -0.0859 e. The molecule has 0 heterocycles. The summed E-state index contributed by atoms with van der Waals surface area (Å²) < 4.78 is 0. The topological polar surface area (TPSA) is 0 Å². The lowest BCUT2D eigenvalue weighted by Crippen LogP contribution is -2.08. The molecule has 0 aromatic rings. The molecule has 1 aliphatic carbocycles. The van der Waals surface area contributed by atoms with Gasteiger partial charge in [-0.05, 0) is 38.5 Å². The van der Waals surface area contributed by atoms with Crippen molar-refractivity contribution >= 4 is 0 Å². The summed E-state index contributed by atoms with van der Waals surface area (Å²) in [5.41, 5.74) is 1.47. The molecule has 0 aromatic carbocycles. The standard InChI is InChI=1S/C16H30/c1-14(2)8-7-9-15(3)12-13-16-10-5-4-6-11-16/h8,15-16H,4-7,9-13H2,1-3H3/t15-/m0/s1. The Bertz CT molecular complexity index is 192. The Hall–Kier alpha value is -0.260. The van der Waals surface area contributed by atoms with E-state index < -0.39 is 0 Å². The van der Waals surface area contributed by atoms with E-state index in [4.69, 9.17) is 0 Å². The van der Waals surface area contributed by atoms with Crippen molar-refractivity contribution in [3.63, 3.8) is 0 Å². The summed E-state index contributed by atoms with van der Waals surface area (Å²) in [6.07, 6.45) is 15.5. The largest absolute Gasteiger partial charge is 0.0859 e. The van der Waals surface area contributed by atoms with Gasteiger partial charge in [-0.3, -0.25) is 0 Å². The minimum atomic E-state index is 0.928. The summed E-state index contributed by atoms with van der Waals surface area (Å²) in [6, 6.07) is 0. The normalized spacial score (nSPS) is 19.4. The lowest BCUT2D eigenvalue weighted by molar-refractivity contribution is 0.309. The third-order valence-corrected chi connectivity index (χ3v) is 4.00. The second kappa shape index (κ2) is 7.92. The maximum Gasteiger partial charge on any atom is -0.0346 e. The van der Waals surface area contributed by atoms with Gasteiger partial charge in [0.25, 0.3) is 0 Å². The van der Waals surface area contributed by atoms with E-state index in [-0.39, 0.29) is 0 Å². The maximum atomic E-state index is 2.43. The van der Waals surface area contributed by atoms with Crippen LogP contribution in [-0.4, -0.2) is 0 Å². The van der Waals surface area contributed by atoms with Gasteiger partial charge in [0.1, 0.15) is 0 Å². The quantitative estimate of drug-likeness (QED) is 0.503. The van der Waals surface area contributed by atoms with Gasteiger partial charge in [0.05, 0.1) is 0 Å². The first kappa shape index (κ1) is 13.8. The van der Waals surface area contributed by atoms with Crippen molar-refractivity contribution in [1.82, 2.24) is 0 Å². The lowest BCUT2D eigenvalue weighted by atomic mass is 9.84. The average molecular weight is 222 g/mol. The highest BCUT2D eigenvalue weighted by Gasteiger charge is 2.14. The zero-order valence-corrected chi connectivity index (χ0v) is 11.6. The molecule has 0 nitrogen and oxygen atoms in total. The van der Waals surface area contributed by atoms with Crippen LogP contribution in [0.1, 0.15) is 78.6 Å². The zero-order chi connectivity index (χ0) is 11.8. The van der Waals surface area contributed by atoms with Gasteiger partial charge in [-0.15, -0.1) is 0 Å². The van der Waals surface area contributed by atoms with Gasteiger partial charge in [0, 0.05) is 0 Å². The molecule has 0 aromatic heterocycles. The summed E-state index contributed by atoms with van der Waals surface area (Å²) >= 11 is 0. The lowest BCUT2D eigenvalue weighted by Gasteiger charge is -2.22. The van der Waals surface area contributed by atoms with Gasteiger partial charge >= 0.3 is 0 Å². The first-order valence-corrected chi connectivity index (χ1v) is 7.32. The fourth-order valence-electron chi connectivity index (χ4n) is 2.80. The van der Waals surface area contributed by atoms with Crippen molar-refractivity contribution in [2.45, 2.75) is 78.6 Å². The van der Waals surface area contributed by atoms with Crippen LogP contribution in [0.25, 0.3) is 0 Å². The van der Waals surface area contributed by atoms with E-state index in [2.05, 4.69) is 26.8 Å². The average Bonchev–Trinajstić information content (AvgIpc) is 2.27. The summed E-state index contributed by atoms with van der Waals surface area (Å²) in [5.74, 6) is 2.00. The van der Waals surface area contributed by atoms with Gasteiger partial charge in [-0.1, -0.05) is 63.5 Å². The molecule has 16 heavy (non-hydrogen) atoms. The molecular formula is C16H30. The number of allylic oxidation sites excluding steroid dienone is 2. The second-order valence-corrected chi connectivity index (χ2v) is 6.05. The highest BCUT2D eigenvalue weighted by atomic mass is 14.2. The van der Waals surface area contributed by atoms with Crippen molar-refractivity contribution in [1.29, 1.82) is 0 Å². The molecule has 0 N–H and O–H groups in total. The van der Waals surface area contributed by atoms with E-state index >= 15 is 0 Å². The van der Waals surface area contributed by atoms with Crippen LogP contribution in [0, 0.1) is 11.8 Å². The van der Waals surface area contributed by atoms with Crippen LogP contribution in [0.2, 0.25) is 0 Å². The Morgan fingerprint density at radius 1 is 1.12 bits per heavy atom. The molecule has 1 aliphatic rings. The van der Waals surface area contributed by atoms with Gasteiger partial charge in [-0.25, -0.2) is 0 Å². The van der Waals surface area contributed by atoms with Crippen molar-refractivity contribution in [3.8, 4) is 0 Å². The van der Waals surface area contributed by atoms with E-state index in [0.717, 1.165) is 11.8 Å². The molecule has 0 bridgehead atoms. The molecule has 0 saturated heterocycles. The Balaban J connectivity index is 2.04. The number of hydrogen-bond acceptors (Lipinski definition) is 0. The van der Waals surface area contributed by atoms with Crippen LogP contribution in [0.3, 0.4) is 0 Å². The fourth-order valence-corrected chi connectivity index (χ4v) is 2.80. The fraction of sp³-hybridized carbons (Fsp3) is 0.875. The molecule has 94 valence electrons. The molecule has 0 heteroatoms. The number of rotatable bonds is 6. The van der Waals surface area contributed by atoms with E-state index in [0.29, 0.717) is 0 Å². The molecule has 1 saturated carbocycles. The third kappa shape index (κ3) is 6.35. The highest BCUT2D eigenvalue weighted by molar-refractivity contribution is 4.92. The molecule has 1 fully saturated rings. The maximum absolute atomic E-state index is 2.43. The van der Waals surface area contributed by atoms with Gasteiger partial charge < -0.3 is 0 Å². The molecular weight excluding hydrogens is 192 g/mol. The predicted molar refractivity (Wildman–Crippen MR) is 73.6 cm³/mol. The Morgan fingerprint density at radius 2 is 1.81 bits per heavy atom. The summed E-state index contributed by atoms with van der Waals surface area (Å²) in [7, 11) is 0. The smallest absolute Gasteiger partial charge is 0.0346 e. The van der Waals surface area contributed by atoms with Crippen LogP contribution >= 0.6 is 0 Å². The van der Waals surface area contributed by atoms with E-state index in [1.165, 1.54) is 63.4 Å².